The van der Waals surface area contributed by atoms with Crippen LogP contribution in [-0.2, 0) is 22.6 Å². The third kappa shape index (κ3) is 4.13. The first kappa shape index (κ1) is 19.0. The second kappa shape index (κ2) is 8.25. The smallest absolute Gasteiger partial charge is 0.254 e. The van der Waals surface area contributed by atoms with Crippen LogP contribution in [0.25, 0.3) is 0 Å². The van der Waals surface area contributed by atoms with Crippen molar-refractivity contribution in [3.8, 4) is 5.75 Å². The Morgan fingerprint density at radius 3 is 2.48 bits per heavy atom. The fourth-order valence-corrected chi connectivity index (χ4v) is 3.44. The molecule has 0 bridgehead atoms. The van der Waals surface area contributed by atoms with E-state index >= 15 is 0 Å². The summed E-state index contributed by atoms with van der Waals surface area (Å²) in [5.41, 5.74) is 3.96. The van der Waals surface area contributed by atoms with Crippen LogP contribution in [0.2, 0.25) is 0 Å². The molecule has 0 unspecified atom stereocenters. The van der Waals surface area contributed by atoms with E-state index < -0.39 is 6.04 Å². The number of fused-ring (bicyclic) bond motifs is 1. The van der Waals surface area contributed by atoms with Gasteiger partial charge in [-0.2, -0.15) is 0 Å². The van der Waals surface area contributed by atoms with E-state index in [-0.39, 0.29) is 11.8 Å². The summed E-state index contributed by atoms with van der Waals surface area (Å²) in [6.45, 7) is 4.06. The predicted octanol–water partition coefficient (Wildman–Crippen LogP) is 3.76. The van der Waals surface area contributed by atoms with E-state index in [0.29, 0.717) is 6.54 Å². The Kier molecular flexibility index (Phi) is 5.79. The van der Waals surface area contributed by atoms with E-state index in [2.05, 4.69) is 24.4 Å². The average molecular weight is 366 g/mol. The zero-order valence-electron chi connectivity index (χ0n) is 16.1. The minimum absolute atomic E-state index is 0.0938. The number of amides is 2. The number of carbonyl (C=O) groups is 2. The van der Waals surface area contributed by atoms with Crippen LogP contribution in [0.5, 0.6) is 5.75 Å². The summed E-state index contributed by atoms with van der Waals surface area (Å²) in [5.74, 6) is 0.483. The van der Waals surface area contributed by atoms with Crippen LogP contribution in [0.15, 0.2) is 42.5 Å². The lowest BCUT2D eigenvalue weighted by Gasteiger charge is -2.18. The van der Waals surface area contributed by atoms with E-state index in [9.17, 15) is 9.59 Å². The third-order valence-electron chi connectivity index (χ3n) is 4.87. The van der Waals surface area contributed by atoms with Crippen LogP contribution < -0.4 is 15.0 Å². The lowest BCUT2D eigenvalue weighted by Crippen LogP contribution is -2.36. The van der Waals surface area contributed by atoms with Gasteiger partial charge < -0.3 is 15.0 Å². The summed E-state index contributed by atoms with van der Waals surface area (Å²) in [4.78, 5) is 26.4. The molecule has 0 aromatic heterocycles. The number of rotatable bonds is 7. The highest BCUT2D eigenvalue weighted by atomic mass is 16.5. The van der Waals surface area contributed by atoms with Gasteiger partial charge in [0.05, 0.1) is 13.7 Å². The van der Waals surface area contributed by atoms with Crippen LogP contribution in [-0.4, -0.2) is 18.9 Å². The number of benzene rings is 2. The second-order valence-corrected chi connectivity index (χ2v) is 6.90. The maximum absolute atomic E-state index is 13.0. The van der Waals surface area contributed by atoms with E-state index in [4.69, 9.17) is 4.74 Å². The fraction of sp³-hybridized carbons (Fsp3) is 0.364. The number of ether oxygens (including phenoxy) is 1. The Bertz CT molecular complexity index is 830. The van der Waals surface area contributed by atoms with Gasteiger partial charge in [-0.25, -0.2) is 0 Å². The van der Waals surface area contributed by atoms with Crippen LogP contribution in [0.4, 0.5) is 5.69 Å². The number of carbonyl (C=O) groups excluding carboxylic acids is 2. The molecule has 0 fully saturated rings. The predicted molar refractivity (Wildman–Crippen MR) is 106 cm³/mol. The first-order chi connectivity index (χ1) is 13.0. The van der Waals surface area contributed by atoms with Crippen LogP contribution in [0, 0.1) is 0 Å². The average Bonchev–Trinajstić information content (AvgIpc) is 2.92. The van der Waals surface area contributed by atoms with Gasteiger partial charge in [-0.15, -0.1) is 0 Å². The molecular weight excluding hydrogens is 340 g/mol. The zero-order chi connectivity index (χ0) is 19.4. The van der Waals surface area contributed by atoms with Crippen molar-refractivity contribution in [3.05, 3.63) is 59.2 Å². The number of hydrogen-bond acceptors (Lipinski definition) is 3. The first-order valence-corrected chi connectivity index (χ1v) is 9.37. The molecule has 1 N–H and O–H groups in total. The molecule has 0 aliphatic carbocycles. The molecule has 2 amide bonds. The van der Waals surface area contributed by atoms with E-state index in [0.717, 1.165) is 41.8 Å². The number of nitrogens with one attached hydrogen (secondary N) is 1. The molecule has 0 saturated heterocycles. The van der Waals surface area contributed by atoms with Crippen molar-refractivity contribution >= 4 is 17.5 Å². The van der Waals surface area contributed by atoms with Gasteiger partial charge in [0, 0.05) is 18.2 Å². The highest BCUT2D eigenvalue weighted by molar-refractivity contribution is 6.06. The molecule has 1 aliphatic rings. The first-order valence-electron chi connectivity index (χ1n) is 9.37. The van der Waals surface area contributed by atoms with E-state index in [1.54, 1.807) is 12.0 Å². The Labute approximate surface area is 160 Å². The maximum atomic E-state index is 13.0. The quantitative estimate of drug-likeness (QED) is 0.812. The summed E-state index contributed by atoms with van der Waals surface area (Å²) < 4.78 is 5.19. The molecule has 1 aliphatic heterocycles. The Morgan fingerprint density at radius 2 is 1.85 bits per heavy atom. The number of unbranched alkanes of at least 4 members (excludes halogenated alkanes) is 1. The van der Waals surface area contributed by atoms with Gasteiger partial charge in [-0.1, -0.05) is 37.6 Å². The summed E-state index contributed by atoms with van der Waals surface area (Å²) >= 11 is 0. The normalized spacial score (nSPS) is 15.6. The van der Waals surface area contributed by atoms with Crippen LogP contribution in [0.1, 0.15) is 49.4 Å². The minimum Gasteiger partial charge on any atom is -0.497 e. The number of hydrogen-bond donors (Lipinski definition) is 1. The maximum Gasteiger partial charge on any atom is 0.254 e. The third-order valence-corrected chi connectivity index (χ3v) is 4.87. The van der Waals surface area contributed by atoms with E-state index in [1.165, 1.54) is 12.5 Å². The Morgan fingerprint density at radius 1 is 1.15 bits per heavy atom. The number of methoxy groups -OCH3 is 1. The van der Waals surface area contributed by atoms with Gasteiger partial charge in [-0.3, -0.25) is 9.59 Å². The standard InChI is InChI=1S/C22H26N2O3/c1-4-5-6-16-9-12-20-19(13-16)21(23-15(2)25)22(26)24(20)14-17-7-10-18(27-3)11-8-17/h7-13,21H,4-6,14H2,1-3H3,(H,23,25)/t21-/m0/s1. The van der Waals surface area contributed by atoms with Gasteiger partial charge >= 0.3 is 0 Å². The van der Waals surface area contributed by atoms with Crippen molar-refractivity contribution in [3.63, 3.8) is 0 Å². The Balaban J connectivity index is 1.91. The number of anilines is 1. The highest BCUT2D eigenvalue weighted by Gasteiger charge is 2.37. The second-order valence-electron chi connectivity index (χ2n) is 6.90. The molecule has 27 heavy (non-hydrogen) atoms. The lowest BCUT2D eigenvalue weighted by atomic mass is 10.0. The van der Waals surface area contributed by atoms with Crippen molar-refractivity contribution < 1.29 is 14.3 Å². The Hall–Kier alpha value is -2.82. The van der Waals surface area contributed by atoms with Crippen LogP contribution >= 0.6 is 0 Å². The number of nitrogens with zero attached hydrogens (tertiary/aromatic N) is 1. The summed E-state index contributed by atoms with van der Waals surface area (Å²) in [7, 11) is 1.63. The van der Waals surface area contributed by atoms with Crippen molar-refractivity contribution in [1.29, 1.82) is 0 Å². The van der Waals surface area contributed by atoms with Gasteiger partial charge in [0.15, 0.2) is 0 Å². The summed E-state index contributed by atoms with van der Waals surface area (Å²) in [5, 5.41) is 2.81. The highest BCUT2D eigenvalue weighted by Crippen LogP contribution is 2.38. The molecule has 5 heteroatoms. The molecule has 2 aromatic rings. The van der Waals surface area contributed by atoms with Gasteiger partial charge in [0.1, 0.15) is 11.8 Å². The van der Waals surface area contributed by atoms with Gasteiger partial charge in [-0.05, 0) is 42.2 Å². The lowest BCUT2D eigenvalue weighted by molar-refractivity contribution is -0.126. The zero-order valence-corrected chi connectivity index (χ0v) is 16.1. The van der Waals surface area contributed by atoms with Gasteiger partial charge in [0.2, 0.25) is 5.91 Å². The molecule has 3 rings (SSSR count). The largest absolute Gasteiger partial charge is 0.497 e. The molecule has 0 spiro atoms. The van der Waals surface area contributed by atoms with Crippen molar-refractivity contribution in [2.45, 2.75) is 45.7 Å². The topological polar surface area (TPSA) is 58.6 Å². The minimum atomic E-state index is -0.614. The number of aryl methyl sites for hydroxylation is 1. The van der Waals surface area contributed by atoms with E-state index in [1.807, 2.05) is 30.3 Å². The van der Waals surface area contributed by atoms with Crippen molar-refractivity contribution in [2.75, 3.05) is 12.0 Å². The van der Waals surface area contributed by atoms with Crippen molar-refractivity contribution in [1.82, 2.24) is 5.32 Å². The molecule has 2 aromatic carbocycles. The molecule has 1 heterocycles. The molecule has 0 radical (unpaired) electrons. The van der Waals surface area contributed by atoms with Gasteiger partial charge in [0.25, 0.3) is 5.91 Å². The SMILES string of the molecule is CCCCc1ccc2c(c1)[C@H](NC(C)=O)C(=O)N2Cc1ccc(OC)cc1. The molecule has 1 atom stereocenters. The van der Waals surface area contributed by atoms with Crippen LogP contribution in [0.3, 0.4) is 0 Å². The molecule has 0 saturated carbocycles. The van der Waals surface area contributed by atoms with Crippen molar-refractivity contribution in [2.24, 2.45) is 0 Å². The molecule has 142 valence electrons. The molecule has 5 nitrogen and oxygen atoms in total. The monoisotopic (exact) mass is 366 g/mol. The summed E-state index contributed by atoms with van der Waals surface area (Å²) in [6.07, 6.45) is 3.20. The molecular formula is C22H26N2O3. The summed E-state index contributed by atoms with van der Waals surface area (Å²) in [6, 6.07) is 13.2. The fourth-order valence-electron chi connectivity index (χ4n) is 3.44.